The lowest BCUT2D eigenvalue weighted by Gasteiger charge is -2.13. The molecule has 0 aromatic heterocycles. The van der Waals surface area contributed by atoms with Crippen molar-refractivity contribution in [2.45, 2.75) is 0 Å². The van der Waals surface area contributed by atoms with Gasteiger partial charge in [-0.2, -0.15) is 0 Å². The molecule has 0 saturated heterocycles. The van der Waals surface area contributed by atoms with Crippen molar-refractivity contribution in [1.82, 2.24) is 0 Å². The predicted molar refractivity (Wildman–Crippen MR) is 86.5 cm³/mol. The van der Waals surface area contributed by atoms with Gasteiger partial charge in [0.25, 0.3) is 0 Å². The molecule has 2 N–H and O–H groups in total. The Morgan fingerprint density at radius 3 is 2.64 bits per heavy atom. The van der Waals surface area contributed by atoms with Gasteiger partial charge in [0.05, 0.1) is 5.69 Å². The molecule has 22 heavy (non-hydrogen) atoms. The van der Waals surface area contributed by atoms with E-state index in [-0.39, 0.29) is 22.1 Å². The fraction of sp³-hybridized carbons (Fsp3) is 0.0714. The van der Waals surface area contributed by atoms with E-state index in [1.165, 1.54) is 0 Å². The Hall–Kier alpha value is -1.93. The lowest BCUT2D eigenvalue weighted by atomic mass is 10.3. The molecule has 0 unspecified atom stereocenters. The number of halogens is 3. The van der Waals surface area contributed by atoms with Gasteiger partial charge in [-0.15, -0.1) is 0 Å². The van der Waals surface area contributed by atoms with Gasteiger partial charge in [-0.05, 0) is 46.3 Å². The number of thiocarbonyl (C=S) groups is 1. The molecule has 114 valence electrons. The summed E-state index contributed by atoms with van der Waals surface area (Å²) in [6, 6.07) is 7.12. The van der Waals surface area contributed by atoms with Gasteiger partial charge in [0.1, 0.15) is 5.82 Å². The summed E-state index contributed by atoms with van der Waals surface area (Å²) >= 11 is 8.21. The van der Waals surface area contributed by atoms with Gasteiger partial charge in [-0.1, -0.05) is 0 Å². The van der Waals surface area contributed by atoms with Crippen LogP contribution in [0.5, 0.6) is 11.5 Å². The van der Waals surface area contributed by atoms with Gasteiger partial charge in [0.2, 0.25) is 6.79 Å². The first-order valence-corrected chi connectivity index (χ1v) is 7.35. The standard InChI is InChI=1S/C14H9BrF2N2O2S/c15-9-3-7(16)4-10(17)13(9)19-14(22)18-8-1-2-11-12(5-8)21-6-20-11/h1-5H,6H2,(H2,18,19,22). The van der Waals surface area contributed by atoms with Crippen LogP contribution in [0, 0.1) is 11.6 Å². The summed E-state index contributed by atoms with van der Waals surface area (Å²) in [6.07, 6.45) is 0. The molecule has 2 aromatic rings. The van der Waals surface area contributed by atoms with Gasteiger partial charge in [-0.3, -0.25) is 0 Å². The average molecular weight is 387 g/mol. The van der Waals surface area contributed by atoms with Crippen molar-refractivity contribution in [3.63, 3.8) is 0 Å². The second kappa shape index (κ2) is 6.05. The lowest BCUT2D eigenvalue weighted by Crippen LogP contribution is -2.20. The molecule has 3 rings (SSSR count). The van der Waals surface area contributed by atoms with Crippen LogP contribution in [0.3, 0.4) is 0 Å². The number of anilines is 2. The Labute approximate surface area is 138 Å². The topological polar surface area (TPSA) is 42.5 Å². The van der Waals surface area contributed by atoms with Crippen molar-refractivity contribution in [3.05, 3.63) is 46.4 Å². The molecule has 0 amide bonds. The molecular formula is C14H9BrF2N2O2S. The van der Waals surface area contributed by atoms with Crippen LogP contribution in [-0.4, -0.2) is 11.9 Å². The summed E-state index contributed by atoms with van der Waals surface area (Å²) in [5.74, 6) is -0.176. The Balaban J connectivity index is 1.73. The molecule has 0 bridgehead atoms. The second-order valence-electron chi connectivity index (χ2n) is 4.39. The summed E-state index contributed by atoms with van der Waals surface area (Å²) in [7, 11) is 0. The molecule has 0 atom stereocenters. The highest BCUT2D eigenvalue weighted by Crippen LogP contribution is 2.34. The largest absolute Gasteiger partial charge is 0.454 e. The van der Waals surface area contributed by atoms with Crippen LogP contribution in [0.15, 0.2) is 34.8 Å². The van der Waals surface area contributed by atoms with Crippen molar-refractivity contribution in [2.24, 2.45) is 0 Å². The third-order valence-corrected chi connectivity index (χ3v) is 3.71. The molecule has 0 saturated carbocycles. The predicted octanol–water partition coefficient (Wildman–Crippen LogP) is 4.26. The van der Waals surface area contributed by atoms with E-state index in [9.17, 15) is 8.78 Å². The normalized spacial score (nSPS) is 12.1. The van der Waals surface area contributed by atoms with Crippen LogP contribution in [0.4, 0.5) is 20.2 Å². The van der Waals surface area contributed by atoms with E-state index in [0.717, 1.165) is 12.1 Å². The zero-order valence-electron chi connectivity index (χ0n) is 11.0. The Morgan fingerprint density at radius 1 is 1.09 bits per heavy atom. The number of fused-ring (bicyclic) bond motifs is 1. The van der Waals surface area contributed by atoms with E-state index in [2.05, 4.69) is 26.6 Å². The van der Waals surface area contributed by atoms with Crippen molar-refractivity contribution >= 4 is 44.6 Å². The highest BCUT2D eigenvalue weighted by atomic mass is 79.9. The van der Waals surface area contributed by atoms with Gasteiger partial charge < -0.3 is 20.1 Å². The van der Waals surface area contributed by atoms with E-state index in [0.29, 0.717) is 17.2 Å². The maximum absolute atomic E-state index is 13.7. The number of benzene rings is 2. The molecule has 1 aliphatic heterocycles. The van der Waals surface area contributed by atoms with Gasteiger partial charge in [0.15, 0.2) is 22.4 Å². The first-order valence-electron chi connectivity index (χ1n) is 6.15. The highest BCUT2D eigenvalue weighted by molar-refractivity contribution is 9.10. The van der Waals surface area contributed by atoms with Crippen molar-refractivity contribution in [2.75, 3.05) is 17.4 Å². The zero-order chi connectivity index (χ0) is 15.7. The molecule has 4 nitrogen and oxygen atoms in total. The van der Waals surface area contributed by atoms with E-state index in [1.807, 2.05) is 0 Å². The maximum atomic E-state index is 13.7. The van der Waals surface area contributed by atoms with E-state index in [1.54, 1.807) is 18.2 Å². The number of hydrogen-bond acceptors (Lipinski definition) is 3. The van der Waals surface area contributed by atoms with Crippen LogP contribution in [0.2, 0.25) is 0 Å². The van der Waals surface area contributed by atoms with Crippen molar-refractivity contribution in [1.29, 1.82) is 0 Å². The van der Waals surface area contributed by atoms with Gasteiger partial charge in [-0.25, -0.2) is 8.78 Å². The first kappa shape index (κ1) is 15.0. The average Bonchev–Trinajstić information content (AvgIpc) is 2.90. The highest BCUT2D eigenvalue weighted by Gasteiger charge is 2.15. The van der Waals surface area contributed by atoms with E-state index in [4.69, 9.17) is 21.7 Å². The van der Waals surface area contributed by atoms with E-state index < -0.39 is 11.6 Å². The summed E-state index contributed by atoms with van der Waals surface area (Å²) < 4.78 is 37.5. The number of nitrogens with one attached hydrogen (secondary N) is 2. The minimum atomic E-state index is -0.748. The van der Waals surface area contributed by atoms with Crippen LogP contribution < -0.4 is 20.1 Å². The summed E-state index contributed by atoms with van der Waals surface area (Å²) in [6.45, 7) is 0.176. The molecule has 1 heterocycles. The van der Waals surface area contributed by atoms with Crippen LogP contribution >= 0.6 is 28.1 Å². The molecule has 0 spiro atoms. The minimum absolute atomic E-state index is 0.0552. The Morgan fingerprint density at radius 2 is 1.86 bits per heavy atom. The molecule has 0 aliphatic carbocycles. The number of rotatable bonds is 2. The third kappa shape index (κ3) is 3.12. The minimum Gasteiger partial charge on any atom is -0.454 e. The lowest BCUT2D eigenvalue weighted by molar-refractivity contribution is 0.174. The summed E-state index contributed by atoms with van der Waals surface area (Å²) in [5.41, 5.74) is 0.708. The van der Waals surface area contributed by atoms with E-state index >= 15 is 0 Å². The van der Waals surface area contributed by atoms with Crippen molar-refractivity contribution in [3.8, 4) is 11.5 Å². The SMILES string of the molecule is Fc1cc(F)c(NC(=S)Nc2ccc3c(c2)OCO3)c(Br)c1. The fourth-order valence-electron chi connectivity index (χ4n) is 1.91. The van der Waals surface area contributed by atoms with Crippen LogP contribution in [0.1, 0.15) is 0 Å². The third-order valence-electron chi connectivity index (χ3n) is 2.88. The second-order valence-corrected chi connectivity index (χ2v) is 5.65. The first-order chi connectivity index (χ1) is 10.5. The summed E-state index contributed by atoms with van der Waals surface area (Å²) in [4.78, 5) is 0. The quantitative estimate of drug-likeness (QED) is 0.754. The number of ether oxygens (including phenoxy) is 2. The van der Waals surface area contributed by atoms with Crippen LogP contribution in [0.25, 0.3) is 0 Å². The molecule has 0 fully saturated rings. The Bertz CT molecular complexity index is 735. The fourth-order valence-corrected chi connectivity index (χ4v) is 2.64. The molecule has 1 aliphatic rings. The maximum Gasteiger partial charge on any atom is 0.231 e. The molecule has 0 radical (unpaired) electrons. The smallest absolute Gasteiger partial charge is 0.231 e. The molecule has 8 heteroatoms. The van der Waals surface area contributed by atoms with Gasteiger partial charge >= 0.3 is 0 Å². The number of hydrogen-bond donors (Lipinski definition) is 2. The van der Waals surface area contributed by atoms with Gasteiger partial charge in [0, 0.05) is 22.3 Å². The summed E-state index contributed by atoms with van der Waals surface area (Å²) in [5, 5.41) is 5.73. The molecule has 2 aromatic carbocycles. The molecular weight excluding hydrogens is 378 g/mol. The monoisotopic (exact) mass is 386 g/mol. The zero-order valence-corrected chi connectivity index (χ0v) is 13.4. The Kier molecular flexibility index (Phi) is 4.12. The van der Waals surface area contributed by atoms with Crippen molar-refractivity contribution < 1.29 is 18.3 Å². The van der Waals surface area contributed by atoms with Crippen LogP contribution in [-0.2, 0) is 0 Å².